The summed E-state index contributed by atoms with van der Waals surface area (Å²) in [4.78, 5) is 15.1. The molecule has 0 amide bonds. The Morgan fingerprint density at radius 2 is 1.96 bits per heavy atom. The summed E-state index contributed by atoms with van der Waals surface area (Å²) in [5, 5.41) is 0.789. The Balaban J connectivity index is 2.19. The second-order valence-corrected chi connectivity index (χ2v) is 6.78. The van der Waals surface area contributed by atoms with Gasteiger partial charge in [-0.25, -0.2) is 4.79 Å². The number of carbonyl (C=O) groups excluding carboxylic acids is 1. The SMILES string of the molecule is CCc1c(N(CC)C2CCOCC2)cc2oc(COC)cc2c1C(=O)OC. The molecule has 0 N–H and O–H groups in total. The third kappa shape index (κ3) is 3.82. The highest BCUT2D eigenvalue weighted by Gasteiger charge is 2.27. The first-order valence-electron chi connectivity index (χ1n) is 9.64. The molecule has 0 radical (unpaired) electrons. The molecule has 6 nitrogen and oxygen atoms in total. The summed E-state index contributed by atoms with van der Waals surface area (Å²) in [5.41, 5.74) is 3.36. The molecule has 1 saturated heterocycles. The summed E-state index contributed by atoms with van der Waals surface area (Å²) in [6.45, 7) is 6.99. The van der Waals surface area contributed by atoms with Crippen LogP contribution >= 0.6 is 0 Å². The van der Waals surface area contributed by atoms with Gasteiger partial charge in [0.2, 0.25) is 0 Å². The highest BCUT2D eigenvalue weighted by molar-refractivity contribution is 6.07. The quantitative estimate of drug-likeness (QED) is 0.683. The number of hydrogen-bond acceptors (Lipinski definition) is 6. The van der Waals surface area contributed by atoms with E-state index in [4.69, 9.17) is 18.6 Å². The molecule has 148 valence electrons. The monoisotopic (exact) mass is 375 g/mol. The van der Waals surface area contributed by atoms with Gasteiger partial charge in [0.15, 0.2) is 0 Å². The molecule has 0 aliphatic carbocycles. The van der Waals surface area contributed by atoms with Crippen molar-refractivity contribution in [3.05, 3.63) is 29.0 Å². The molecule has 27 heavy (non-hydrogen) atoms. The number of hydrogen-bond donors (Lipinski definition) is 0. The minimum Gasteiger partial charge on any atom is -0.465 e. The van der Waals surface area contributed by atoms with Crippen molar-refractivity contribution in [2.45, 2.75) is 45.8 Å². The van der Waals surface area contributed by atoms with Crippen LogP contribution in [-0.4, -0.2) is 46.0 Å². The number of carbonyl (C=O) groups is 1. The molecule has 0 atom stereocenters. The Morgan fingerprint density at radius 1 is 1.22 bits per heavy atom. The number of methoxy groups -OCH3 is 2. The van der Waals surface area contributed by atoms with Gasteiger partial charge in [-0.05, 0) is 37.8 Å². The van der Waals surface area contributed by atoms with Crippen LogP contribution in [0.3, 0.4) is 0 Å². The van der Waals surface area contributed by atoms with E-state index in [-0.39, 0.29) is 5.97 Å². The van der Waals surface area contributed by atoms with Gasteiger partial charge in [0.1, 0.15) is 18.0 Å². The minimum absolute atomic E-state index is 0.327. The van der Waals surface area contributed by atoms with E-state index in [2.05, 4.69) is 24.8 Å². The first-order valence-corrected chi connectivity index (χ1v) is 9.64. The molecule has 0 bridgehead atoms. The zero-order valence-electron chi connectivity index (χ0n) is 16.7. The van der Waals surface area contributed by atoms with Crippen LogP contribution in [0, 0.1) is 0 Å². The molecule has 1 fully saturated rings. The summed E-state index contributed by atoms with van der Waals surface area (Å²) in [5.74, 6) is 0.373. The molecule has 0 spiro atoms. The van der Waals surface area contributed by atoms with Crippen LogP contribution in [0.25, 0.3) is 11.0 Å². The van der Waals surface area contributed by atoms with Gasteiger partial charge in [-0.1, -0.05) is 6.92 Å². The second-order valence-electron chi connectivity index (χ2n) is 6.78. The van der Waals surface area contributed by atoms with E-state index in [1.807, 2.05) is 6.07 Å². The maximum atomic E-state index is 12.7. The number of nitrogens with zero attached hydrogens (tertiary/aromatic N) is 1. The number of fused-ring (bicyclic) bond motifs is 1. The summed E-state index contributed by atoms with van der Waals surface area (Å²) in [6, 6.07) is 4.35. The summed E-state index contributed by atoms with van der Waals surface area (Å²) in [7, 11) is 3.05. The van der Waals surface area contributed by atoms with Gasteiger partial charge in [0, 0.05) is 50.1 Å². The third-order valence-electron chi connectivity index (χ3n) is 5.27. The Morgan fingerprint density at radius 3 is 2.56 bits per heavy atom. The maximum absolute atomic E-state index is 12.7. The van der Waals surface area contributed by atoms with Crippen molar-refractivity contribution in [1.29, 1.82) is 0 Å². The number of esters is 1. The summed E-state index contributed by atoms with van der Waals surface area (Å²) in [6.07, 6.45) is 2.70. The first-order chi connectivity index (χ1) is 13.1. The predicted molar refractivity (Wildman–Crippen MR) is 105 cm³/mol. The Hall–Kier alpha value is -2.05. The zero-order valence-corrected chi connectivity index (χ0v) is 16.7. The molecule has 6 heteroatoms. The van der Waals surface area contributed by atoms with E-state index in [1.165, 1.54) is 7.11 Å². The topological polar surface area (TPSA) is 61.1 Å². The van der Waals surface area contributed by atoms with Crippen LogP contribution in [0.15, 0.2) is 16.5 Å². The van der Waals surface area contributed by atoms with Crippen molar-refractivity contribution in [3.8, 4) is 0 Å². The van der Waals surface area contributed by atoms with Crippen molar-refractivity contribution in [1.82, 2.24) is 0 Å². The van der Waals surface area contributed by atoms with Crippen LogP contribution in [0.5, 0.6) is 0 Å². The lowest BCUT2D eigenvalue weighted by atomic mass is 9.96. The standard InChI is InChI=1S/C21H29NO5/c1-5-16-18(22(6-2)14-7-9-26-10-8-14)12-19-17(20(16)21(23)25-4)11-15(27-19)13-24-3/h11-12,14H,5-10,13H2,1-4H3. The van der Waals surface area contributed by atoms with Crippen molar-refractivity contribution in [2.24, 2.45) is 0 Å². The van der Waals surface area contributed by atoms with Gasteiger partial charge < -0.3 is 23.5 Å². The first kappa shape index (κ1) is 19.7. The van der Waals surface area contributed by atoms with Gasteiger partial charge in [0.05, 0.1) is 12.7 Å². The predicted octanol–water partition coefficient (Wildman–Crippen LogP) is 3.93. The van der Waals surface area contributed by atoms with Crippen LogP contribution in [-0.2, 0) is 27.2 Å². The third-order valence-corrected chi connectivity index (χ3v) is 5.27. The molecular weight excluding hydrogens is 346 g/mol. The molecule has 1 aliphatic rings. The van der Waals surface area contributed by atoms with Gasteiger partial charge in [-0.3, -0.25) is 0 Å². The van der Waals surface area contributed by atoms with Crippen molar-refractivity contribution in [2.75, 3.05) is 38.9 Å². The Labute approximate surface area is 160 Å². The van der Waals surface area contributed by atoms with E-state index in [0.29, 0.717) is 29.6 Å². The van der Waals surface area contributed by atoms with Crippen LogP contribution in [0.1, 0.15) is 48.4 Å². The van der Waals surface area contributed by atoms with Crippen LogP contribution in [0.4, 0.5) is 5.69 Å². The molecule has 0 saturated carbocycles. The normalized spacial score (nSPS) is 15.3. The van der Waals surface area contributed by atoms with Crippen LogP contribution in [0.2, 0.25) is 0 Å². The molecule has 2 heterocycles. The van der Waals surface area contributed by atoms with Gasteiger partial charge in [-0.2, -0.15) is 0 Å². The van der Waals surface area contributed by atoms with E-state index >= 15 is 0 Å². The maximum Gasteiger partial charge on any atom is 0.338 e. The molecule has 3 rings (SSSR count). The number of rotatable bonds is 7. The van der Waals surface area contributed by atoms with Crippen molar-refractivity contribution < 1.29 is 23.4 Å². The second kappa shape index (κ2) is 8.76. The molecule has 1 aliphatic heterocycles. The van der Waals surface area contributed by atoms with Gasteiger partial charge >= 0.3 is 5.97 Å². The van der Waals surface area contributed by atoms with E-state index < -0.39 is 0 Å². The highest BCUT2D eigenvalue weighted by Crippen LogP contribution is 2.36. The fourth-order valence-electron chi connectivity index (χ4n) is 4.05. The van der Waals surface area contributed by atoms with E-state index in [0.717, 1.165) is 55.7 Å². The summed E-state index contributed by atoms with van der Waals surface area (Å²) < 4.78 is 21.8. The largest absolute Gasteiger partial charge is 0.465 e. The van der Waals surface area contributed by atoms with Gasteiger partial charge in [-0.15, -0.1) is 0 Å². The molecule has 0 unspecified atom stereocenters. The molecular formula is C21H29NO5. The fourth-order valence-corrected chi connectivity index (χ4v) is 4.05. The highest BCUT2D eigenvalue weighted by atomic mass is 16.5. The zero-order chi connectivity index (χ0) is 19.4. The lowest BCUT2D eigenvalue weighted by molar-refractivity contribution is 0.0601. The molecule has 1 aromatic carbocycles. The van der Waals surface area contributed by atoms with E-state index in [1.54, 1.807) is 7.11 Å². The number of anilines is 1. The van der Waals surface area contributed by atoms with E-state index in [9.17, 15) is 4.79 Å². The van der Waals surface area contributed by atoms with Crippen molar-refractivity contribution >= 4 is 22.6 Å². The average Bonchev–Trinajstić information content (AvgIpc) is 3.10. The Bertz CT molecular complexity index is 791. The number of benzene rings is 1. The molecule has 2 aromatic rings. The lowest BCUT2D eigenvalue weighted by Crippen LogP contribution is -2.40. The summed E-state index contributed by atoms with van der Waals surface area (Å²) >= 11 is 0. The van der Waals surface area contributed by atoms with Gasteiger partial charge in [0.25, 0.3) is 0 Å². The average molecular weight is 375 g/mol. The van der Waals surface area contributed by atoms with Crippen molar-refractivity contribution in [3.63, 3.8) is 0 Å². The molecule has 1 aromatic heterocycles. The Kier molecular flexibility index (Phi) is 6.39. The number of furan rings is 1. The lowest BCUT2D eigenvalue weighted by Gasteiger charge is -2.36. The smallest absolute Gasteiger partial charge is 0.338 e. The minimum atomic E-state index is -0.327. The van der Waals surface area contributed by atoms with Crippen LogP contribution < -0.4 is 4.90 Å². The fraction of sp³-hybridized carbons (Fsp3) is 0.571. The number of ether oxygens (including phenoxy) is 3.